The minimum atomic E-state index is -0.639. The molecule has 0 bridgehead atoms. The zero-order valence-corrected chi connectivity index (χ0v) is 20.1. The van der Waals surface area contributed by atoms with Crippen molar-refractivity contribution >= 4 is 34.7 Å². The fraction of sp³-hybridized carbons (Fsp3) is 0.360. The summed E-state index contributed by atoms with van der Waals surface area (Å²) >= 11 is 0. The van der Waals surface area contributed by atoms with Crippen molar-refractivity contribution in [1.29, 1.82) is 5.26 Å². The number of nitrogens with zero attached hydrogens (tertiary/aromatic N) is 3. The van der Waals surface area contributed by atoms with Crippen LogP contribution in [-0.4, -0.2) is 30.0 Å². The van der Waals surface area contributed by atoms with Crippen molar-refractivity contribution in [2.75, 3.05) is 17.4 Å². The van der Waals surface area contributed by atoms with Gasteiger partial charge in [-0.15, -0.1) is 0 Å². The Hall–Kier alpha value is -2.43. The number of halogens is 2. The van der Waals surface area contributed by atoms with Gasteiger partial charge in [-0.2, -0.15) is 0 Å². The van der Waals surface area contributed by atoms with Gasteiger partial charge >= 0.3 is 0 Å². The molecule has 0 N–H and O–H groups in total. The first kappa shape index (κ1) is 25.8. The number of hydrogen-bond donors (Lipinski definition) is 0. The first-order valence-electron chi connectivity index (χ1n) is 11.1. The molecule has 1 aliphatic heterocycles. The summed E-state index contributed by atoms with van der Waals surface area (Å²) in [7, 11) is -0.639. The van der Waals surface area contributed by atoms with Gasteiger partial charge in [0.05, 0.1) is 12.2 Å². The quantitative estimate of drug-likeness (QED) is 0.339. The van der Waals surface area contributed by atoms with Crippen LogP contribution in [0.1, 0.15) is 38.3 Å². The average Bonchev–Trinajstić information content (AvgIpc) is 2.83. The SMILES string of the molecule is C=C(CC)c1ccc(CN(c2cccc(F)c2)S(=C)N2CCB(C#N)CC2)c(F)c1.CC. The minimum absolute atomic E-state index is 0.0672. The van der Waals surface area contributed by atoms with Crippen molar-refractivity contribution in [3.8, 4) is 5.97 Å². The second-order valence-electron chi connectivity index (χ2n) is 7.45. The van der Waals surface area contributed by atoms with Crippen molar-refractivity contribution in [3.63, 3.8) is 0 Å². The summed E-state index contributed by atoms with van der Waals surface area (Å²) in [5, 5.41) is 9.16. The Balaban J connectivity index is 0.00000176. The Labute approximate surface area is 194 Å². The molecule has 1 heterocycles. The van der Waals surface area contributed by atoms with Crippen molar-refractivity contribution in [1.82, 2.24) is 4.31 Å². The molecule has 1 atom stereocenters. The lowest BCUT2D eigenvalue weighted by Crippen LogP contribution is -2.37. The van der Waals surface area contributed by atoms with E-state index in [4.69, 9.17) is 5.26 Å². The first-order valence-corrected chi connectivity index (χ1v) is 12.4. The van der Waals surface area contributed by atoms with Crippen LogP contribution in [0.2, 0.25) is 12.6 Å². The molecule has 0 aliphatic carbocycles. The Morgan fingerprint density at radius 1 is 1.19 bits per heavy atom. The molecule has 1 unspecified atom stereocenters. The highest BCUT2D eigenvalue weighted by Crippen LogP contribution is 2.35. The van der Waals surface area contributed by atoms with Gasteiger partial charge in [0.2, 0.25) is 0 Å². The third-order valence-corrected chi connectivity index (χ3v) is 7.30. The molecule has 3 rings (SSSR count). The van der Waals surface area contributed by atoms with Gasteiger partial charge in [-0.1, -0.05) is 45.5 Å². The molecule has 7 heteroatoms. The maximum Gasteiger partial charge on any atom is 0.270 e. The Morgan fingerprint density at radius 3 is 2.44 bits per heavy atom. The van der Waals surface area contributed by atoms with Crippen LogP contribution in [0.4, 0.5) is 14.5 Å². The van der Waals surface area contributed by atoms with E-state index >= 15 is 0 Å². The second-order valence-corrected chi connectivity index (χ2v) is 9.09. The van der Waals surface area contributed by atoms with Crippen LogP contribution in [0.25, 0.3) is 5.57 Å². The summed E-state index contributed by atoms with van der Waals surface area (Å²) < 4.78 is 33.0. The zero-order chi connectivity index (χ0) is 23.7. The van der Waals surface area contributed by atoms with E-state index in [1.54, 1.807) is 12.1 Å². The average molecular weight is 455 g/mol. The number of allylic oxidation sites excluding steroid dienone is 1. The number of nitriles is 1. The van der Waals surface area contributed by atoms with Crippen molar-refractivity contribution in [2.45, 2.75) is 46.4 Å². The summed E-state index contributed by atoms with van der Waals surface area (Å²) in [6.07, 6.45) is 2.33. The molecular weight excluding hydrogens is 423 g/mol. The van der Waals surface area contributed by atoms with Gasteiger partial charge in [-0.3, -0.25) is 0 Å². The molecule has 1 fully saturated rings. The van der Waals surface area contributed by atoms with Gasteiger partial charge in [0.15, 0.2) is 0 Å². The molecular formula is C25H32BF2N3S. The minimum Gasteiger partial charge on any atom is -0.306 e. The highest BCUT2D eigenvalue weighted by atomic mass is 32.2. The molecule has 2 aromatic carbocycles. The lowest BCUT2D eigenvalue weighted by molar-refractivity contribution is 0.500. The molecule has 0 aromatic heterocycles. The summed E-state index contributed by atoms with van der Waals surface area (Å²) in [6.45, 7) is 11.8. The van der Waals surface area contributed by atoms with Crippen LogP contribution in [0.5, 0.6) is 0 Å². The molecule has 3 nitrogen and oxygen atoms in total. The Kier molecular flexibility index (Phi) is 10.1. The Morgan fingerprint density at radius 2 is 1.88 bits per heavy atom. The molecule has 0 amide bonds. The van der Waals surface area contributed by atoms with Gasteiger partial charge in [-0.25, -0.2) is 18.3 Å². The van der Waals surface area contributed by atoms with Crippen LogP contribution in [0.3, 0.4) is 0 Å². The number of anilines is 1. The van der Waals surface area contributed by atoms with Crippen molar-refractivity contribution in [2.24, 2.45) is 0 Å². The summed E-state index contributed by atoms with van der Waals surface area (Å²) in [4.78, 5) is 0. The number of hydrogen-bond acceptors (Lipinski definition) is 3. The summed E-state index contributed by atoms with van der Waals surface area (Å²) in [5.74, 6) is 6.03. The highest BCUT2D eigenvalue weighted by Gasteiger charge is 2.26. The molecule has 170 valence electrons. The normalized spacial score (nSPS) is 14.7. The third kappa shape index (κ3) is 6.54. The van der Waals surface area contributed by atoms with E-state index in [9.17, 15) is 8.78 Å². The monoisotopic (exact) mass is 455 g/mol. The van der Waals surface area contributed by atoms with Crippen LogP contribution < -0.4 is 4.31 Å². The van der Waals surface area contributed by atoms with E-state index < -0.39 is 10.9 Å². The van der Waals surface area contributed by atoms with Gasteiger partial charge < -0.3 is 4.31 Å². The predicted molar refractivity (Wildman–Crippen MR) is 137 cm³/mol. The molecule has 2 aromatic rings. The Bertz CT molecular complexity index is 981. The maximum absolute atomic E-state index is 14.9. The molecule has 1 saturated heterocycles. The standard InChI is InChI=1S/C23H26BF2N3S.C2H6/c1-4-18(2)19-8-9-20(23(26)14-19)16-29(22-7-5-6-21(25)15-22)30(3)28-12-10-24(17-27)11-13-28;1-2/h5-9,14-15H,2-4,10-13,16H2,1H3;1-2H3. The number of benzene rings is 2. The largest absolute Gasteiger partial charge is 0.306 e. The zero-order valence-electron chi connectivity index (χ0n) is 19.3. The van der Waals surface area contributed by atoms with E-state index in [1.165, 1.54) is 18.2 Å². The maximum atomic E-state index is 14.9. The molecule has 0 saturated carbocycles. The van der Waals surface area contributed by atoms with E-state index in [2.05, 4.69) is 22.7 Å². The van der Waals surface area contributed by atoms with Crippen LogP contribution in [0.15, 0.2) is 49.0 Å². The second kappa shape index (κ2) is 12.6. The van der Waals surface area contributed by atoms with E-state index in [1.807, 2.05) is 37.2 Å². The lowest BCUT2D eigenvalue weighted by Gasteiger charge is -2.37. The highest BCUT2D eigenvalue weighted by molar-refractivity contribution is 8.13. The van der Waals surface area contributed by atoms with Crippen LogP contribution >= 0.6 is 10.9 Å². The molecule has 1 aliphatic rings. The predicted octanol–water partition coefficient (Wildman–Crippen LogP) is 6.82. The van der Waals surface area contributed by atoms with E-state index in [0.29, 0.717) is 11.3 Å². The molecule has 0 radical (unpaired) electrons. The molecule has 32 heavy (non-hydrogen) atoms. The van der Waals surface area contributed by atoms with Gasteiger partial charge in [0.25, 0.3) is 6.71 Å². The number of rotatable bonds is 7. The van der Waals surface area contributed by atoms with Gasteiger partial charge in [0, 0.05) is 24.6 Å². The fourth-order valence-electron chi connectivity index (χ4n) is 3.51. The molecule has 0 spiro atoms. The fourth-order valence-corrected chi connectivity index (χ4v) is 5.06. The summed E-state index contributed by atoms with van der Waals surface area (Å²) in [5.41, 5.74) is 2.88. The van der Waals surface area contributed by atoms with Crippen LogP contribution in [0, 0.1) is 22.9 Å². The van der Waals surface area contributed by atoms with Gasteiger partial charge in [-0.05, 0) is 71.2 Å². The van der Waals surface area contributed by atoms with Crippen molar-refractivity contribution < 1.29 is 8.78 Å². The van der Waals surface area contributed by atoms with E-state index in [-0.39, 0.29) is 24.9 Å². The summed E-state index contributed by atoms with van der Waals surface area (Å²) in [6, 6.07) is 11.5. The van der Waals surface area contributed by atoms with Crippen LogP contribution in [-0.2, 0) is 6.54 Å². The topological polar surface area (TPSA) is 30.3 Å². The van der Waals surface area contributed by atoms with Crippen molar-refractivity contribution in [3.05, 3.63) is 71.8 Å². The van der Waals surface area contributed by atoms with E-state index in [0.717, 1.165) is 43.3 Å². The lowest BCUT2D eigenvalue weighted by atomic mass is 9.45. The third-order valence-electron chi connectivity index (χ3n) is 5.49. The first-order chi connectivity index (χ1) is 15.4. The van der Waals surface area contributed by atoms with Gasteiger partial charge in [0.1, 0.15) is 11.6 Å². The smallest absolute Gasteiger partial charge is 0.270 e.